The number of nitrogens with one attached hydrogen (secondary N) is 2. The van der Waals surface area contributed by atoms with Gasteiger partial charge in [0.15, 0.2) is 5.82 Å². The highest BCUT2D eigenvalue weighted by Crippen LogP contribution is 2.16. The van der Waals surface area contributed by atoms with E-state index in [0.717, 1.165) is 12.0 Å². The summed E-state index contributed by atoms with van der Waals surface area (Å²) >= 11 is 0. The van der Waals surface area contributed by atoms with Crippen molar-refractivity contribution in [2.75, 3.05) is 11.9 Å². The molecular weight excluding hydrogens is 372 g/mol. The normalized spacial score (nSPS) is 15.8. The zero-order valence-electron chi connectivity index (χ0n) is 15.6. The Morgan fingerprint density at radius 1 is 1.24 bits per heavy atom. The first-order chi connectivity index (χ1) is 14.2. The van der Waals surface area contributed by atoms with Crippen molar-refractivity contribution in [1.29, 1.82) is 0 Å². The molecule has 1 atom stereocenters. The molecule has 2 amide bonds. The Hall–Kier alpha value is -3.59. The molecule has 0 spiro atoms. The van der Waals surface area contributed by atoms with Crippen LogP contribution < -0.4 is 10.6 Å². The van der Waals surface area contributed by atoms with E-state index in [9.17, 15) is 9.59 Å². The summed E-state index contributed by atoms with van der Waals surface area (Å²) < 4.78 is 6.93. The number of amides is 2. The van der Waals surface area contributed by atoms with Crippen molar-refractivity contribution in [3.8, 4) is 5.82 Å². The molecule has 0 saturated carbocycles. The minimum Gasteiger partial charge on any atom is -0.368 e. The Balaban J connectivity index is 1.41. The minimum atomic E-state index is -0.423. The number of nitrogens with zero attached hydrogens (tertiary/aromatic N) is 4. The summed E-state index contributed by atoms with van der Waals surface area (Å²) in [5.74, 6) is 0.155. The molecule has 0 aliphatic carbocycles. The lowest BCUT2D eigenvalue weighted by Crippen LogP contribution is -2.27. The maximum Gasteiger partial charge on any atom is 0.253 e. The van der Waals surface area contributed by atoms with E-state index in [2.05, 4.69) is 25.7 Å². The van der Waals surface area contributed by atoms with Crippen molar-refractivity contribution in [1.82, 2.24) is 25.1 Å². The van der Waals surface area contributed by atoms with Crippen LogP contribution in [0.4, 0.5) is 5.69 Å². The van der Waals surface area contributed by atoms with Crippen LogP contribution in [0, 0.1) is 0 Å². The monoisotopic (exact) mass is 392 g/mol. The smallest absolute Gasteiger partial charge is 0.253 e. The quantitative estimate of drug-likeness (QED) is 0.661. The first kappa shape index (κ1) is 18.8. The van der Waals surface area contributed by atoms with Crippen molar-refractivity contribution >= 4 is 17.5 Å². The van der Waals surface area contributed by atoms with Crippen molar-refractivity contribution in [2.24, 2.45) is 0 Å². The molecule has 1 aliphatic heterocycles. The van der Waals surface area contributed by atoms with Gasteiger partial charge in [-0.25, -0.2) is 14.6 Å². The number of hydrogen-bond acceptors (Lipinski definition) is 6. The summed E-state index contributed by atoms with van der Waals surface area (Å²) in [4.78, 5) is 33.0. The van der Waals surface area contributed by atoms with Crippen LogP contribution in [-0.2, 0) is 16.1 Å². The van der Waals surface area contributed by atoms with Crippen molar-refractivity contribution in [3.05, 3.63) is 66.4 Å². The Kier molecular flexibility index (Phi) is 5.57. The summed E-state index contributed by atoms with van der Waals surface area (Å²) in [6.07, 6.45) is 5.80. The van der Waals surface area contributed by atoms with E-state index >= 15 is 0 Å². The van der Waals surface area contributed by atoms with Crippen LogP contribution in [0.3, 0.4) is 0 Å². The fourth-order valence-corrected chi connectivity index (χ4v) is 3.12. The van der Waals surface area contributed by atoms with Crippen LogP contribution in [0.2, 0.25) is 0 Å². The zero-order valence-corrected chi connectivity index (χ0v) is 15.6. The topological polar surface area (TPSA) is 111 Å². The molecule has 1 aliphatic rings. The average Bonchev–Trinajstić information content (AvgIpc) is 3.47. The van der Waals surface area contributed by atoms with Gasteiger partial charge in [0.1, 0.15) is 18.8 Å². The van der Waals surface area contributed by atoms with E-state index in [4.69, 9.17) is 4.74 Å². The second-order valence-electron chi connectivity index (χ2n) is 6.58. The number of aromatic nitrogens is 4. The van der Waals surface area contributed by atoms with E-state index in [0.29, 0.717) is 30.1 Å². The summed E-state index contributed by atoms with van der Waals surface area (Å²) in [7, 11) is 0. The average molecular weight is 392 g/mol. The number of carbonyl (C=O) groups is 2. The number of benzene rings is 1. The van der Waals surface area contributed by atoms with Crippen LogP contribution in [0.1, 0.15) is 28.8 Å². The molecule has 148 valence electrons. The fraction of sp³-hybridized carbons (Fsp3) is 0.250. The van der Waals surface area contributed by atoms with E-state index in [-0.39, 0.29) is 18.4 Å². The lowest BCUT2D eigenvalue weighted by atomic mass is 10.1. The second-order valence-corrected chi connectivity index (χ2v) is 6.58. The third kappa shape index (κ3) is 4.46. The number of anilines is 1. The van der Waals surface area contributed by atoms with Gasteiger partial charge in [-0.2, -0.15) is 5.10 Å². The maximum atomic E-state index is 12.6. The molecule has 0 radical (unpaired) electrons. The predicted molar refractivity (Wildman–Crippen MR) is 104 cm³/mol. The molecule has 29 heavy (non-hydrogen) atoms. The van der Waals surface area contributed by atoms with Gasteiger partial charge >= 0.3 is 0 Å². The number of pyridine rings is 1. The standard InChI is InChI=1S/C20H20N6O3/c27-19(23-11-15-5-2-8-22-18(15)26-13-21-12-24-26)14-4-1-6-16(10-14)25-20(28)17-7-3-9-29-17/h1-2,4-6,8,10,12-13,17H,3,7,9,11H2,(H,23,27)(H,25,28). The van der Waals surface area contributed by atoms with Gasteiger partial charge in [0, 0.05) is 36.2 Å². The molecule has 2 aromatic heterocycles. The molecule has 1 aromatic carbocycles. The lowest BCUT2D eigenvalue weighted by molar-refractivity contribution is -0.124. The SMILES string of the molecule is O=C(NCc1cccnc1-n1cncn1)c1cccc(NC(=O)C2CCCO2)c1. The highest BCUT2D eigenvalue weighted by Gasteiger charge is 2.23. The predicted octanol–water partition coefficient (Wildman–Crippen LogP) is 1.71. The molecule has 1 saturated heterocycles. The number of ether oxygens (including phenoxy) is 1. The Morgan fingerprint density at radius 2 is 2.17 bits per heavy atom. The molecule has 0 bridgehead atoms. The molecule has 1 fully saturated rings. The van der Waals surface area contributed by atoms with Gasteiger partial charge in [0.25, 0.3) is 11.8 Å². The third-order valence-electron chi connectivity index (χ3n) is 4.56. The van der Waals surface area contributed by atoms with Gasteiger partial charge in [-0.1, -0.05) is 12.1 Å². The van der Waals surface area contributed by atoms with E-state index in [1.54, 1.807) is 47.5 Å². The molecule has 9 heteroatoms. The van der Waals surface area contributed by atoms with Crippen molar-refractivity contribution in [3.63, 3.8) is 0 Å². The molecule has 4 rings (SSSR count). The minimum absolute atomic E-state index is 0.187. The van der Waals surface area contributed by atoms with E-state index in [1.807, 2.05) is 6.07 Å². The second kappa shape index (κ2) is 8.61. The van der Waals surface area contributed by atoms with E-state index < -0.39 is 6.10 Å². The fourth-order valence-electron chi connectivity index (χ4n) is 3.12. The molecular formula is C20H20N6O3. The first-order valence-corrected chi connectivity index (χ1v) is 9.30. The Bertz CT molecular complexity index is 999. The highest BCUT2D eigenvalue weighted by atomic mass is 16.5. The van der Waals surface area contributed by atoms with Gasteiger partial charge in [-0.3, -0.25) is 9.59 Å². The van der Waals surface area contributed by atoms with Gasteiger partial charge in [-0.15, -0.1) is 0 Å². The highest BCUT2D eigenvalue weighted by molar-refractivity contribution is 5.98. The first-order valence-electron chi connectivity index (χ1n) is 9.30. The van der Waals surface area contributed by atoms with Gasteiger partial charge < -0.3 is 15.4 Å². The van der Waals surface area contributed by atoms with Crippen LogP contribution in [0.25, 0.3) is 5.82 Å². The summed E-state index contributed by atoms with van der Waals surface area (Å²) in [6.45, 7) is 0.875. The Labute approximate surface area is 167 Å². The third-order valence-corrected chi connectivity index (χ3v) is 4.56. The molecule has 9 nitrogen and oxygen atoms in total. The molecule has 3 aromatic rings. The summed E-state index contributed by atoms with van der Waals surface area (Å²) in [6, 6.07) is 10.5. The zero-order chi connectivity index (χ0) is 20.1. The van der Waals surface area contributed by atoms with Gasteiger partial charge in [0.2, 0.25) is 0 Å². The van der Waals surface area contributed by atoms with Gasteiger partial charge in [0.05, 0.1) is 0 Å². The van der Waals surface area contributed by atoms with Crippen molar-refractivity contribution in [2.45, 2.75) is 25.5 Å². The molecule has 3 heterocycles. The summed E-state index contributed by atoms with van der Waals surface area (Å²) in [5, 5.41) is 9.77. The maximum absolute atomic E-state index is 12.6. The molecule has 1 unspecified atom stereocenters. The molecule has 2 N–H and O–H groups in total. The number of carbonyl (C=O) groups excluding carboxylic acids is 2. The largest absolute Gasteiger partial charge is 0.368 e. The van der Waals surface area contributed by atoms with Crippen LogP contribution >= 0.6 is 0 Å². The van der Waals surface area contributed by atoms with Gasteiger partial charge in [-0.05, 0) is 37.1 Å². The van der Waals surface area contributed by atoms with E-state index in [1.165, 1.54) is 6.33 Å². The number of hydrogen-bond donors (Lipinski definition) is 2. The van der Waals surface area contributed by atoms with Crippen molar-refractivity contribution < 1.29 is 14.3 Å². The van der Waals surface area contributed by atoms with Crippen LogP contribution in [0.15, 0.2) is 55.2 Å². The Morgan fingerprint density at radius 3 is 2.97 bits per heavy atom. The lowest BCUT2D eigenvalue weighted by Gasteiger charge is -2.12. The number of rotatable bonds is 6. The summed E-state index contributed by atoms with van der Waals surface area (Å²) in [5.41, 5.74) is 1.80. The van der Waals surface area contributed by atoms with Crippen LogP contribution in [-0.4, -0.2) is 44.3 Å². The van der Waals surface area contributed by atoms with Crippen LogP contribution in [0.5, 0.6) is 0 Å².